The fourth-order valence-electron chi connectivity index (χ4n) is 1.60. The highest BCUT2D eigenvalue weighted by Crippen LogP contribution is 2.26. The lowest BCUT2D eigenvalue weighted by atomic mass is 9.98. The molecule has 0 saturated carbocycles. The van der Waals surface area contributed by atoms with Crippen molar-refractivity contribution in [3.8, 4) is 6.07 Å². The van der Waals surface area contributed by atoms with Crippen molar-refractivity contribution < 1.29 is 10.0 Å². The molecule has 5 nitrogen and oxygen atoms in total. The molecule has 1 aromatic carbocycles. The summed E-state index contributed by atoms with van der Waals surface area (Å²) in [6, 6.07) is 6.03. The topological polar surface area (TPSA) is 90.4 Å². The molecule has 1 aromatic rings. The standard InChI is InChI=1S/C10H9N3O2/c11-5-6-1-2-7-4-8(12)10(14)13(15)9(7)3-6/h1-3,8,15H,4,12H2/t8-/m1/s1. The Kier molecular flexibility index (Phi) is 2.15. The number of amides is 1. The highest BCUT2D eigenvalue weighted by molar-refractivity contribution is 5.98. The molecule has 1 heterocycles. The van der Waals surface area contributed by atoms with Gasteiger partial charge in [-0.2, -0.15) is 10.3 Å². The first kappa shape index (κ1) is 9.65. The second-order valence-corrected chi connectivity index (χ2v) is 3.42. The molecule has 0 unspecified atom stereocenters. The van der Waals surface area contributed by atoms with Crippen LogP contribution in [0.3, 0.4) is 0 Å². The summed E-state index contributed by atoms with van der Waals surface area (Å²) >= 11 is 0. The number of nitrogens with zero attached hydrogens (tertiary/aromatic N) is 2. The smallest absolute Gasteiger partial charge is 0.267 e. The van der Waals surface area contributed by atoms with E-state index in [0.717, 1.165) is 5.56 Å². The van der Waals surface area contributed by atoms with Crippen LogP contribution in [-0.2, 0) is 11.2 Å². The SMILES string of the molecule is N#Cc1ccc2c(c1)N(O)C(=O)[C@H](N)C2. The summed E-state index contributed by atoms with van der Waals surface area (Å²) in [6.45, 7) is 0. The van der Waals surface area contributed by atoms with E-state index in [9.17, 15) is 10.0 Å². The van der Waals surface area contributed by atoms with Crippen molar-refractivity contribution >= 4 is 11.6 Å². The first-order valence-corrected chi connectivity index (χ1v) is 4.45. The van der Waals surface area contributed by atoms with E-state index < -0.39 is 11.9 Å². The van der Waals surface area contributed by atoms with Crippen molar-refractivity contribution in [2.45, 2.75) is 12.5 Å². The minimum Gasteiger partial charge on any atom is -0.320 e. The van der Waals surface area contributed by atoms with Gasteiger partial charge >= 0.3 is 0 Å². The summed E-state index contributed by atoms with van der Waals surface area (Å²) in [6.07, 6.45) is 0.386. The lowest BCUT2D eigenvalue weighted by molar-refractivity contribution is -0.125. The quantitative estimate of drug-likeness (QED) is 0.588. The normalized spacial score (nSPS) is 19.7. The monoisotopic (exact) mass is 203 g/mol. The van der Waals surface area contributed by atoms with Crippen molar-refractivity contribution in [2.75, 3.05) is 5.06 Å². The highest BCUT2D eigenvalue weighted by atomic mass is 16.5. The Morgan fingerprint density at radius 3 is 3.00 bits per heavy atom. The van der Waals surface area contributed by atoms with Gasteiger partial charge in [0.05, 0.1) is 23.4 Å². The summed E-state index contributed by atoms with van der Waals surface area (Å²) in [5.74, 6) is -0.544. The molecular weight excluding hydrogens is 194 g/mol. The number of carbonyl (C=O) groups is 1. The maximum atomic E-state index is 11.4. The Morgan fingerprint density at radius 2 is 2.33 bits per heavy atom. The van der Waals surface area contributed by atoms with E-state index in [4.69, 9.17) is 11.0 Å². The van der Waals surface area contributed by atoms with Gasteiger partial charge in [0.1, 0.15) is 0 Å². The average molecular weight is 203 g/mol. The van der Waals surface area contributed by atoms with Gasteiger partial charge in [-0.1, -0.05) is 6.07 Å². The van der Waals surface area contributed by atoms with Gasteiger partial charge < -0.3 is 5.73 Å². The van der Waals surface area contributed by atoms with Gasteiger partial charge in [0.2, 0.25) is 0 Å². The third kappa shape index (κ3) is 1.46. The second-order valence-electron chi connectivity index (χ2n) is 3.42. The average Bonchev–Trinajstić information content (AvgIpc) is 2.26. The van der Waals surface area contributed by atoms with Crippen LogP contribution in [0.4, 0.5) is 5.69 Å². The third-order valence-corrected chi connectivity index (χ3v) is 2.41. The minimum atomic E-state index is -0.713. The van der Waals surface area contributed by atoms with Crippen molar-refractivity contribution in [1.29, 1.82) is 5.26 Å². The van der Waals surface area contributed by atoms with E-state index in [1.54, 1.807) is 12.1 Å². The van der Waals surface area contributed by atoms with Crippen LogP contribution in [0.5, 0.6) is 0 Å². The molecule has 0 bridgehead atoms. The second kappa shape index (κ2) is 3.35. The predicted octanol–water partition coefficient (Wildman–Crippen LogP) is 0.164. The summed E-state index contributed by atoms with van der Waals surface area (Å²) < 4.78 is 0. The summed E-state index contributed by atoms with van der Waals surface area (Å²) in [7, 11) is 0. The first-order chi connectivity index (χ1) is 7.13. The molecule has 1 aliphatic rings. The third-order valence-electron chi connectivity index (χ3n) is 2.41. The lowest BCUT2D eigenvalue weighted by Gasteiger charge is -2.27. The van der Waals surface area contributed by atoms with Crippen LogP contribution in [0.2, 0.25) is 0 Å². The number of hydrogen-bond donors (Lipinski definition) is 2. The number of hydroxylamine groups is 1. The van der Waals surface area contributed by atoms with Crippen molar-refractivity contribution in [1.82, 2.24) is 0 Å². The van der Waals surface area contributed by atoms with E-state index in [2.05, 4.69) is 0 Å². The largest absolute Gasteiger partial charge is 0.320 e. The van der Waals surface area contributed by atoms with Gasteiger partial charge in [-0.3, -0.25) is 10.0 Å². The number of fused-ring (bicyclic) bond motifs is 1. The van der Waals surface area contributed by atoms with Crippen LogP contribution in [0.25, 0.3) is 0 Å². The molecule has 15 heavy (non-hydrogen) atoms. The molecule has 0 aliphatic carbocycles. The van der Waals surface area contributed by atoms with Crippen LogP contribution < -0.4 is 10.8 Å². The Balaban J connectivity index is 2.52. The number of rotatable bonds is 0. The maximum absolute atomic E-state index is 11.4. The molecule has 0 radical (unpaired) electrons. The van der Waals surface area contributed by atoms with Gasteiger partial charge in [-0.25, -0.2) is 0 Å². The Hall–Kier alpha value is -1.90. The number of hydrogen-bond acceptors (Lipinski definition) is 4. The molecule has 0 spiro atoms. The summed E-state index contributed by atoms with van der Waals surface area (Å²) in [4.78, 5) is 11.4. The van der Waals surface area contributed by atoms with E-state index in [-0.39, 0.29) is 0 Å². The molecule has 76 valence electrons. The molecule has 3 N–H and O–H groups in total. The number of nitriles is 1. The van der Waals surface area contributed by atoms with Gasteiger partial charge in [0, 0.05) is 0 Å². The number of benzene rings is 1. The van der Waals surface area contributed by atoms with E-state index in [0.29, 0.717) is 22.7 Å². The van der Waals surface area contributed by atoms with Crippen LogP contribution in [-0.4, -0.2) is 17.2 Å². The summed E-state index contributed by atoms with van der Waals surface area (Å²) in [5, 5.41) is 18.7. The molecule has 1 amide bonds. The lowest BCUT2D eigenvalue weighted by Crippen LogP contribution is -2.47. The fraction of sp³-hybridized carbons (Fsp3) is 0.200. The van der Waals surface area contributed by atoms with Crippen LogP contribution in [0.15, 0.2) is 18.2 Å². The fourth-order valence-corrected chi connectivity index (χ4v) is 1.60. The molecule has 0 aromatic heterocycles. The molecule has 1 aliphatic heterocycles. The highest BCUT2D eigenvalue weighted by Gasteiger charge is 2.29. The Labute approximate surface area is 86.3 Å². The van der Waals surface area contributed by atoms with Crippen molar-refractivity contribution in [2.24, 2.45) is 5.73 Å². The number of anilines is 1. The van der Waals surface area contributed by atoms with Crippen LogP contribution in [0.1, 0.15) is 11.1 Å². The van der Waals surface area contributed by atoms with Gasteiger partial charge in [0.15, 0.2) is 0 Å². The molecule has 5 heteroatoms. The Morgan fingerprint density at radius 1 is 1.60 bits per heavy atom. The van der Waals surface area contributed by atoms with E-state index in [1.165, 1.54) is 6.07 Å². The van der Waals surface area contributed by atoms with Crippen LogP contribution >= 0.6 is 0 Å². The predicted molar refractivity (Wildman–Crippen MR) is 52.1 cm³/mol. The molecular formula is C10H9N3O2. The zero-order valence-electron chi connectivity index (χ0n) is 7.84. The zero-order chi connectivity index (χ0) is 11.0. The van der Waals surface area contributed by atoms with Crippen molar-refractivity contribution in [3.05, 3.63) is 29.3 Å². The van der Waals surface area contributed by atoms with Gasteiger partial charge in [-0.15, -0.1) is 0 Å². The van der Waals surface area contributed by atoms with Crippen LogP contribution in [0, 0.1) is 11.3 Å². The van der Waals surface area contributed by atoms with Gasteiger partial charge in [-0.05, 0) is 24.1 Å². The van der Waals surface area contributed by atoms with Crippen molar-refractivity contribution in [3.63, 3.8) is 0 Å². The van der Waals surface area contributed by atoms with Gasteiger partial charge in [0.25, 0.3) is 5.91 Å². The molecule has 0 fully saturated rings. The minimum absolute atomic E-state index is 0.348. The molecule has 1 atom stereocenters. The summed E-state index contributed by atoms with van der Waals surface area (Å²) in [5.41, 5.74) is 7.05. The maximum Gasteiger partial charge on any atom is 0.267 e. The zero-order valence-corrected chi connectivity index (χ0v) is 7.84. The van der Waals surface area contributed by atoms with E-state index in [1.807, 2.05) is 6.07 Å². The Bertz CT molecular complexity index is 464. The number of nitrogens with two attached hydrogens (primary N) is 1. The molecule has 2 rings (SSSR count). The number of carbonyl (C=O) groups excluding carboxylic acids is 1. The molecule has 0 saturated heterocycles. The van der Waals surface area contributed by atoms with E-state index >= 15 is 0 Å². The first-order valence-electron chi connectivity index (χ1n) is 4.45.